The van der Waals surface area contributed by atoms with Crippen LogP contribution in [0.1, 0.15) is 30.4 Å². The minimum Gasteiger partial charge on any atom is -0.355 e. The van der Waals surface area contributed by atoms with E-state index in [4.69, 9.17) is 0 Å². The number of fused-ring (bicyclic) bond motifs is 1. The first-order valence-electron chi connectivity index (χ1n) is 8.93. The molecule has 10 heteroatoms. The van der Waals surface area contributed by atoms with Gasteiger partial charge in [0.15, 0.2) is 5.82 Å². The van der Waals surface area contributed by atoms with Gasteiger partial charge >= 0.3 is 0 Å². The van der Waals surface area contributed by atoms with Crippen molar-refractivity contribution in [2.75, 3.05) is 18.0 Å². The van der Waals surface area contributed by atoms with Gasteiger partial charge in [0.1, 0.15) is 37.2 Å². The zero-order valence-electron chi connectivity index (χ0n) is 14.9. The molecule has 0 unspecified atom stereocenters. The summed E-state index contributed by atoms with van der Waals surface area (Å²) in [4.78, 5) is 15.2. The summed E-state index contributed by atoms with van der Waals surface area (Å²) >= 11 is 1.71. The molecule has 5 heterocycles. The molecule has 9 nitrogen and oxygen atoms in total. The monoisotopic (exact) mass is 381 g/mol. The molecule has 138 valence electrons. The molecule has 0 amide bonds. The summed E-state index contributed by atoms with van der Waals surface area (Å²) in [5.41, 5.74) is 1.03. The zero-order chi connectivity index (χ0) is 18.2. The van der Waals surface area contributed by atoms with Crippen LogP contribution in [0, 0.1) is 0 Å². The highest BCUT2D eigenvalue weighted by Crippen LogP contribution is 2.33. The summed E-state index contributed by atoms with van der Waals surface area (Å²) in [5, 5.41) is 15.1. The van der Waals surface area contributed by atoms with Gasteiger partial charge in [-0.05, 0) is 24.3 Å². The second-order valence-corrected chi connectivity index (χ2v) is 7.64. The molecule has 0 atom stereocenters. The Bertz CT molecular complexity index is 1040. The Labute approximate surface area is 159 Å². The van der Waals surface area contributed by atoms with E-state index in [2.05, 4.69) is 45.1 Å². The number of nitrogens with zero attached hydrogens (tertiary/aromatic N) is 9. The first-order valence-corrected chi connectivity index (χ1v) is 9.81. The molecule has 27 heavy (non-hydrogen) atoms. The molecule has 0 aliphatic carbocycles. The number of thiophene rings is 1. The lowest BCUT2D eigenvalue weighted by Crippen LogP contribution is -2.34. The van der Waals surface area contributed by atoms with Crippen LogP contribution >= 0.6 is 11.3 Å². The summed E-state index contributed by atoms with van der Waals surface area (Å²) in [7, 11) is 2.04. The minimum atomic E-state index is 0.406. The van der Waals surface area contributed by atoms with E-state index >= 15 is 0 Å². The number of rotatable bonds is 4. The van der Waals surface area contributed by atoms with E-state index in [0.29, 0.717) is 12.5 Å². The Morgan fingerprint density at radius 1 is 1.15 bits per heavy atom. The van der Waals surface area contributed by atoms with Crippen LogP contribution in [0.15, 0.2) is 30.4 Å². The molecule has 0 spiro atoms. The quantitative estimate of drug-likeness (QED) is 0.533. The van der Waals surface area contributed by atoms with E-state index < -0.39 is 0 Å². The van der Waals surface area contributed by atoms with Crippen molar-refractivity contribution in [2.45, 2.75) is 25.3 Å². The van der Waals surface area contributed by atoms with Gasteiger partial charge in [-0.1, -0.05) is 0 Å². The van der Waals surface area contributed by atoms with E-state index in [-0.39, 0.29) is 0 Å². The number of aromatic nitrogens is 8. The maximum Gasteiger partial charge on any atom is 0.154 e. The molecule has 1 saturated heterocycles. The number of hydrogen-bond donors (Lipinski definition) is 0. The highest BCUT2D eigenvalue weighted by atomic mass is 32.1. The molecular formula is C17H19N9S. The Kier molecular flexibility index (Phi) is 4.04. The summed E-state index contributed by atoms with van der Waals surface area (Å²) in [6.07, 6.45) is 6.96. The Morgan fingerprint density at radius 3 is 2.85 bits per heavy atom. The average Bonchev–Trinajstić information content (AvgIpc) is 3.44. The van der Waals surface area contributed by atoms with Crippen molar-refractivity contribution in [1.82, 2.24) is 39.5 Å². The molecular weight excluding hydrogens is 362 g/mol. The molecule has 0 aromatic carbocycles. The van der Waals surface area contributed by atoms with Crippen LogP contribution in [0.5, 0.6) is 0 Å². The van der Waals surface area contributed by atoms with E-state index in [0.717, 1.165) is 48.9 Å². The maximum atomic E-state index is 4.54. The van der Waals surface area contributed by atoms with Gasteiger partial charge < -0.3 is 9.47 Å². The number of piperidine rings is 1. The lowest BCUT2D eigenvalue weighted by atomic mass is 9.96. The van der Waals surface area contributed by atoms with Crippen LogP contribution in [0.3, 0.4) is 0 Å². The van der Waals surface area contributed by atoms with Crippen molar-refractivity contribution in [2.24, 2.45) is 7.05 Å². The number of anilines is 1. The maximum absolute atomic E-state index is 4.54. The van der Waals surface area contributed by atoms with Crippen LogP contribution < -0.4 is 4.90 Å². The minimum absolute atomic E-state index is 0.406. The van der Waals surface area contributed by atoms with Crippen molar-refractivity contribution < 1.29 is 0 Å². The van der Waals surface area contributed by atoms with Gasteiger partial charge in [0.25, 0.3) is 0 Å². The molecule has 4 aromatic rings. The Morgan fingerprint density at radius 2 is 2.04 bits per heavy atom. The van der Waals surface area contributed by atoms with Crippen LogP contribution in [0.4, 0.5) is 5.82 Å². The molecule has 1 aliphatic rings. The van der Waals surface area contributed by atoms with Crippen molar-refractivity contribution >= 4 is 27.4 Å². The summed E-state index contributed by atoms with van der Waals surface area (Å²) < 4.78 is 5.03. The van der Waals surface area contributed by atoms with Crippen molar-refractivity contribution in [1.29, 1.82) is 0 Å². The van der Waals surface area contributed by atoms with Crippen molar-refractivity contribution in [3.63, 3.8) is 0 Å². The van der Waals surface area contributed by atoms with Crippen LogP contribution in [-0.2, 0) is 13.6 Å². The third kappa shape index (κ3) is 2.95. The first kappa shape index (κ1) is 16.3. The molecule has 4 aromatic heterocycles. The third-order valence-corrected chi connectivity index (χ3v) is 6.05. The lowest BCUT2D eigenvalue weighted by molar-refractivity contribution is 0.470. The van der Waals surface area contributed by atoms with Crippen LogP contribution in [0.25, 0.3) is 10.2 Å². The fraction of sp³-hybridized carbons (Fsp3) is 0.412. The predicted octanol–water partition coefficient (Wildman–Crippen LogP) is 1.84. The highest BCUT2D eigenvalue weighted by molar-refractivity contribution is 7.17. The summed E-state index contributed by atoms with van der Waals surface area (Å²) in [5.74, 6) is 3.41. The standard InChI is InChI=1S/C17H19N9S/c1-24-14(8-26-11-18-9-21-26)22-23-16(24)12-2-5-25(6-3-12)17-15-13(4-7-27-15)19-10-20-17/h4,7,9-12H,2-3,5-6,8H2,1H3. The fourth-order valence-corrected chi connectivity index (χ4v) is 4.54. The van der Waals surface area contributed by atoms with Gasteiger partial charge in [0.2, 0.25) is 0 Å². The SMILES string of the molecule is Cn1c(Cn2cncn2)nnc1C1CCN(c2ncnc3ccsc23)CC1. The molecule has 1 fully saturated rings. The normalized spacial score (nSPS) is 15.7. The Hall–Kier alpha value is -2.88. The predicted molar refractivity (Wildman–Crippen MR) is 102 cm³/mol. The van der Waals surface area contributed by atoms with Gasteiger partial charge in [-0.2, -0.15) is 5.10 Å². The number of hydrogen-bond acceptors (Lipinski definition) is 8. The van der Waals surface area contributed by atoms with Gasteiger partial charge in [0.05, 0.1) is 10.2 Å². The van der Waals surface area contributed by atoms with E-state index in [1.807, 2.05) is 13.1 Å². The highest BCUT2D eigenvalue weighted by Gasteiger charge is 2.27. The summed E-state index contributed by atoms with van der Waals surface area (Å²) in [6.45, 7) is 2.50. The van der Waals surface area contributed by atoms with E-state index in [1.54, 1.807) is 28.7 Å². The van der Waals surface area contributed by atoms with Crippen molar-refractivity contribution in [3.05, 3.63) is 42.1 Å². The molecule has 1 aliphatic heterocycles. The lowest BCUT2D eigenvalue weighted by Gasteiger charge is -2.32. The van der Waals surface area contributed by atoms with Gasteiger partial charge in [0, 0.05) is 26.1 Å². The topological polar surface area (TPSA) is 90.4 Å². The first-order chi connectivity index (χ1) is 13.3. The van der Waals surface area contributed by atoms with Gasteiger partial charge in [-0.3, -0.25) is 0 Å². The smallest absolute Gasteiger partial charge is 0.154 e. The zero-order valence-corrected chi connectivity index (χ0v) is 15.7. The second-order valence-electron chi connectivity index (χ2n) is 6.72. The largest absolute Gasteiger partial charge is 0.355 e. The third-order valence-electron chi connectivity index (χ3n) is 5.15. The Balaban J connectivity index is 1.31. The van der Waals surface area contributed by atoms with Gasteiger partial charge in [-0.25, -0.2) is 19.6 Å². The molecule has 0 radical (unpaired) electrons. The second kappa shape index (κ2) is 6.69. The molecule has 0 saturated carbocycles. The van der Waals surface area contributed by atoms with Gasteiger partial charge in [-0.15, -0.1) is 21.5 Å². The summed E-state index contributed by atoms with van der Waals surface area (Å²) in [6, 6.07) is 2.05. The van der Waals surface area contributed by atoms with E-state index in [9.17, 15) is 0 Å². The fourth-order valence-electron chi connectivity index (χ4n) is 3.68. The average molecular weight is 381 g/mol. The molecule has 0 bridgehead atoms. The van der Waals surface area contributed by atoms with Crippen LogP contribution in [-0.4, -0.2) is 52.6 Å². The van der Waals surface area contributed by atoms with Crippen LogP contribution in [0.2, 0.25) is 0 Å². The molecule has 5 rings (SSSR count). The van der Waals surface area contributed by atoms with E-state index in [1.165, 1.54) is 11.0 Å². The van der Waals surface area contributed by atoms with Crippen molar-refractivity contribution in [3.8, 4) is 0 Å². The molecule has 0 N–H and O–H groups in total.